The highest BCUT2D eigenvalue weighted by molar-refractivity contribution is 6.13. The smallest absolute Gasteiger partial charge is 0.193 e. The van der Waals surface area contributed by atoms with E-state index in [0.717, 1.165) is 0 Å². The highest BCUT2D eigenvalue weighted by Gasteiger charge is 2.45. The maximum absolute atomic E-state index is 14.8. The summed E-state index contributed by atoms with van der Waals surface area (Å²) in [4.78, 5) is 28.9. The second-order valence-electron chi connectivity index (χ2n) is 10.8. The van der Waals surface area contributed by atoms with Crippen LogP contribution in [0.2, 0.25) is 0 Å². The molecule has 0 bridgehead atoms. The van der Waals surface area contributed by atoms with Gasteiger partial charge in [0.2, 0.25) is 0 Å². The number of carbonyl (C=O) groups excluding carboxylic acids is 2. The number of carbonyl (C=O) groups is 2. The van der Waals surface area contributed by atoms with Crippen LogP contribution in [-0.2, 0) is 0 Å². The summed E-state index contributed by atoms with van der Waals surface area (Å²) in [6.45, 7) is 0. The summed E-state index contributed by atoms with van der Waals surface area (Å²) in [6.07, 6.45) is 2.13. The largest absolute Gasteiger partial charge is 0.497 e. The second-order valence-corrected chi connectivity index (χ2v) is 10.8. The third-order valence-electron chi connectivity index (χ3n) is 8.31. The number of methoxy groups -OCH3 is 8. The molecule has 1 heterocycles. The van der Waals surface area contributed by atoms with Crippen LogP contribution in [0.4, 0.5) is 0 Å². The Morgan fingerprint density at radius 1 is 0.633 bits per heavy atom. The lowest BCUT2D eigenvalue weighted by atomic mass is 9.79. The number of ether oxygens (including phenoxy) is 9. The summed E-state index contributed by atoms with van der Waals surface area (Å²) in [5.74, 6) is 1.35. The van der Waals surface area contributed by atoms with Crippen LogP contribution in [0.15, 0.2) is 66.7 Å². The Labute approximate surface area is 284 Å². The van der Waals surface area contributed by atoms with Crippen LogP contribution in [0.25, 0.3) is 6.08 Å². The maximum Gasteiger partial charge on any atom is 0.193 e. The Kier molecular flexibility index (Phi) is 10.5. The zero-order valence-electron chi connectivity index (χ0n) is 28.6. The van der Waals surface area contributed by atoms with Crippen molar-refractivity contribution in [3.8, 4) is 51.7 Å². The van der Waals surface area contributed by atoms with Crippen molar-refractivity contribution in [2.75, 3.05) is 56.9 Å². The van der Waals surface area contributed by atoms with Gasteiger partial charge in [0.15, 0.2) is 23.1 Å². The average molecular weight is 671 g/mol. The molecular weight excluding hydrogens is 632 g/mol. The van der Waals surface area contributed by atoms with Crippen LogP contribution >= 0.6 is 0 Å². The van der Waals surface area contributed by atoms with Crippen molar-refractivity contribution in [2.24, 2.45) is 0 Å². The molecule has 0 N–H and O–H groups in total. The summed E-state index contributed by atoms with van der Waals surface area (Å²) in [5.41, 5.74) is 1.94. The molecule has 11 heteroatoms. The molecule has 1 aliphatic heterocycles. The molecule has 0 spiro atoms. The van der Waals surface area contributed by atoms with Gasteiger partial charge < -0.3 is 42.6 Å². The number of hydrogen-bond donors (Lipinski definition) is 0. The van der Waals surface area contributed by atoms with E-state index in [9.17, 15) is 9.59 Å². The molecule has 4 aromatic carbocycles. The third-order valence-corrected chi connectivity index (χ3v) is 8.31. The van der Waals surface area contributed by atoms with Crippen molar-refractivity contribution < 1.29 is 52.2 Å². The van der Waals surface area contributed by atoms with Crippen molar-refractivity contribution in [3.05, 3.63) is 94.6 Å². The SMILES string of the molecule is COc1ccc([C@@H]2Oc3cc(OC)cc(OC)c3C(=O)[C@H]2c2c(OC)cc(OC)c(C(=O)/C=C/c3ccc(OC)c(OC)c3)c2OC)cc1. The molecule has 4 aromatic rings. The van der Waals surface area contributed by atoms with Crippen LogP contribution in [0.3, 0.4) is 0 Å². The summed E-state index contributed by atoms with van der Waals surface area (Å²) in [7, 11) is 11.9. The summed E-state index contributed by atoms with van der Waals surface area (Å²) in [6, 6.07) is 17.3. The van der Waals surface area contributed by atoms with Gasteiger partial charge in [0, 0.05) is 18.2 Å². The molecule has 5 rings (SSSR count). The fraction of sp³-hybridized carbons (Fsp3) is 0.263. The second kappa shape index (κ2) is 14.9. The monoisotopic (exact) mass is 670 g/mol. The Morgan fingerprint density at radius 2 is 1.29 bits per heavy atom. The Morgan fingerprint density at radius 3 is 1.88 bits per heavy atom. The topological polar surface area (TPSA) is 117 Å². The number of rotatable bonds is 13. The van der Waals surface area contributed by atoms with Gasteiger partial charge in [0.05, 0.1) is 68.4 Å². The minimum Gasteiger partial charge on any atom is -0.497 e. The molecule has 49 heavy (non-hydrogen) atoms. The summed E-state index contributed by atoms with van der Waals surface area (Å²) in [5, 5.41) is 0. The highest BCUT2D eigenvalue weighted by Crippen LogP contribution is 2.54. The van der Waals surface area contributed by atoms with Crippen molar-refractivity contribution in [1.29, 1.82) is 0 Å². The van der Waals surface area contributed by atoms with E-state index < -0.39 is 17.8 Å². The number of fused-ring (bicyclic) bond motifs is 1. The molecule has 2 atom stereocenters. The van der Waals surface area contributed by atoms with E-state index in [0.29, 0.717) is 39.7 Å². The molecule has 0 saturated carbocycles. The average Bonchev–Trinajstić information content (AvgIpc) is 3.15. The normalized spacial score (nSPS) is 15.1. The molecule has 11 nitrogen and oxygen atoms in total. The van der Waals surface area contributed by atoms with Crippen molar-refractivity contribution >= 4 is 17.6 Å². The fourth-order valence-electron chi connectivity index (χ4n) is 5.92. The van der Waals surface area contributed by atoms with E-state index >= 15 is 0 Å². The number of ketones is 2. The van der Waals surface area contributed by atoms with Gasteiger partial charge in [0.1, 0.15) is 57.5 Å². The third kappa shape index (κ3) is 6.52. The molecule has 1 aliphatic rings. The first-order chi connectivity index (χ1) is 23.8. The lowest BCUT2D eigenvalue weighted by Crippen LogP contribution is -2.31. The van der Waals surface area contributed by atoms with Gasteiger partial charge in [-0.05, 0) is 41.5 Å². The zero-order valence-corrected chi connectivity index (χ0v) is 28.6. The van der Waals surface area contributed by atoms with Gasteiger partial charge in [-0.2, -0.15) is 0 Å². The lowest BCUT2D eigenvalue weighted by Gasteiger charge is -2.35. The molecular formula is C38H38O11. The molecule has 0 aromatic heterocycles. The Hall–Kier alpha value is -5.84. The van der Waals surface area contributed by atoms with Gasteiger partial charge in [0.25, 0.3) is 0 Å². The van der Waals surface area contributed by atoms with E-state index in [4.69, 9.17) is 42.6 Å². The molecule has 256 valence electrons. The van der Waals surface area contributed by atoms with E-state index in [1.807, 2.05) is 12.1 Å². The lowest BCUT2D eigenvalue weighted by molar-refractivity contribution is 0.0766. The minimum atomic E-state index is -1.07. The molecule has 0 unspecified atom stereocenters. The van der Waals surface area contributed by atoms with Gasteiger partial charge >= 0.3 is 0 Å². The minimum absolute atomic E-state index is 0.0892. The van der Waals surface area contributed by atoms with E-state index in [2.05, 4.69) is 0 Å². The first kappa shape index (κ1) is 34.5. The van der Waals surface area contributed by atoms with Gasteiger partial charge in [-0.15, -0.1) is 0 Å². The van der Waals surface area contributed by atoms with Crippen LogP contribution in [-0.4, -0.2) is 68.4 Å². The van der Waals surface area contributed by atoms with Gasteiger partial charge in [-0.3, -0.25) is 9.59 Å². The van der Waals surface area contributed by atoms with E-state index in [1.54, 1.807) is 68.8 Å². The summed E-state index contributed by atoms with van der Waals surface area (Å²) >= 11 is 0. The fourth-order valence-corrected chi connectivity index (χ4v) is 5.92. The molecule has 0 aliphatic carbocycles. The van der Waals surface area contributed by atoms with E-state index in [1.165, 1.54) is 48.7 Å². The molecule has 0 radical (unpaired) electrons. The predicted molar refractivity (Wildman–Crippen MR) is 182 cm³/mol. The maximum atomic E-state index is 14.8. The van der Waals surface area contributed by atoms with Crippen LogP contribution < -0.4 is 42.6 Å². The molecule has 0 amide bonds. The number of hydrogen-bond acceptors (Lipinski definition) is 11. The number of allylic oxidation sites excluding steroid dienone is 1. The molecule has 0 fully saturated rings. The van der Waals surface area contributed by atoms with Gasteiger partial charge in [-0.25, -0.2) is 0 Å². The van der Waals surface area contributed by atoms with Crippen LogP contribution in [0, 0.1) is 0 Å². The number of benzene rings is 4. The van der Waals surface area contributed by atoms with Crippen molar-refractivity contribution in [2.45, 2.75) is 12.0 Å². The van der Waals surface area contributed by atoms with Crippen LogP contribution in [0.5, 0.6) is 51.7 Å². The number of Topliss-reactive ketones (excluding diaryl/α,β-unsaturated/α-hetero) is 1. The van der Waals surface area contributed by atoms with E-state index in [-0.39, 0.29) is 45.7 Å². The van der Waals surface area contributed by atoms with Gasteiger partial charge in [-0.1, -0.05) is 24.3 Å². The Balaban J connectivity index is 1.73. The quantitative estimate of drug-likeness (QED) is 0.111. The summed E-state index contributed by atoms with van der Waals surface area (Å²) < 4.78 is 51.3. The molecule has 0 saturated heterocycles. The van der Waals surface area contributed by atoms with Crippen molar-refractivity contribution in [3.63, 3.8) is 0 Å². The Bertz CT molecular complexity index is 1880. The zero-order chi connectivity index (χ0) is 35.2. The van der Waals surface area contributed by atoms with Crippen molar-refractivity contribution in [1.82, 2.24) is 0 Å². The first-order valence-corrected chi connectivity index (χ1v) is 15.1. The standard InChI is InChI=1S/C38H38O11/c1-41-23-13-11-22(12-14-23)37-35(36(40)33-28(45-5)18-24(42-2)19-31(33)49-37)34-30(47-7)20-29(46-6)32(38(34)48-8)25(39)15-9-21-10-16-26(43-3)27(17-21)44-4/h9-20,35,37H,1-8H3/b15-9+/t35-,37+/m1/s1. The predicted octanol–water partition coefficient (Wildman–Crippen LogP) is 6.75. The van der Waals surface area contributed by atoms with Crippen LogP contribution in [0.1, 0.15) is 49.4 Å². The first-order valence-electron chi connectivity index (χ1n) is 15.1. The highest BCUT2D eigenvalue weighted by atomic mass is 16.5.